The monoisotopic (exact) mass is 283 g/mol. The number of amides is 1. The molecule has 1 atom stereocenters. The van der Waals surface area contributed by atoms with Gasteiger partial charge >= 0.3 is 0 Å². The molecule has 19 heavy (non-hydrogen) atoms. The van der Waals surface area contributed by atoms with Crippen molar-refractivity contribution in [3.05, 3.63) is 23.3 Å². The smallest absolute Gasteiger partial charge is 0.228 e. The summed E-state index contributed by atoms with van der Waals surface area (Å²) in [6.45, 7) is 3.83. The number of benzene rings is 1. The molecule has 1 amide bonds. The van der Waals surface area contributed by atoms with Gasteiger partial charge < -0.3 is 10.6 Å². The Labute approximate surface area is 112 Å². The predicted molar refractivity (Wildman–Crippen MR) is 74.2 cm³/mol. The van der Waals surface area contributed by atoms with Crippen molar-refractivity contribution in [3.63, 3.8) is 0 Å². The number of aryl methyl sites for hydroxylation is 1. The minimum Gasteiger partial charge on any atom is -0.397 e. The van der Waals surface area contributed by atoms with E-state index in [1.807, 2.05) is 19.9 Å². The topological polar surface area (TPSA) is 106 Å². The van der Waals surface area contributed by atoms with E-state index >= 15 is 0 Å². The number of nitrogen functional groups attached to an aromatic ring is 1. The average molecular weight is 283 g/mol. The van der Waals surface area contributed by atoms with Crippen molar-refractivity contribution >= 4 is 27.3 Å². The standard InChI is InChI=1S/C12H17N3O3S/c1-7-3-4-10(13)12(8(7)2)15-6-9(5-11(15)16)19(14,17)18/h3-4,9H,5-6,13H2,1-2H3,(H2,14,17,18). The van der Waals surface area contributed by atoms with Crippen molar-refractivity contribution in [1.82, 2.24) is 0 Å². The molecule has 4 N–H and O–H groups in total. The molecule has 0 saturated carbocycles. The summed E-state index contributed by atoms with van der Waals surface area (Å²) in [7, 11) is -3.72. The second-order valence-electron chi connectivity index (χ2n) is 4.86. The van der Waals surface area contributed by atoms with E-state index in [0.717, 1.165) is 11.1 Å². The van der Waals surface area contributed by atoms with E-state index in [0.29, 0.717) is 11.4 Å². The van der Waals surface area contributed by atoms with Gasteiger partial charge in [-0.15, -0.1) is 0 Å². The second-order valence-corrected chi connectivity index (χ2v) is 6.71. The quantitative estimate of drug-likeness (QED) is 0.760. The van der Waals surface area contributed by atoms with Crippen LogP contribution in [-0.4, -0.2) is 26.1 Å². The van der Waals surface area contributed by atoms with Gasteiger partial charge in [-0.1, -0.05) is 6.07 Å². The van der Waals surface area contributed by atoms with Crippen molar-refractivity contribution in [3.8, 4) is 0 Å². The summed E-state index contributed by atoms with van der Waals surface area (Å²) in [6.07, 6.45) is -0.0916. The summed E-state index contributed by atoms with van der Waals surface area (Å²) in [5.74, 6) is -0.264. The summed E-state index contributed by atoms with van der Waals surface area (Å²) in [5, 5.41) is 4.25. The maximum absolute atomic E-state index is 12.0. The molecule has 1 saturated heterocycles. The minimum absolute atomic E-state index is 0.0617. The van der Waals surface area contributed by atoms with Gasteiger partial charge in [-0.2, -0.15) is 0 Å². The largest absolute Gasteiger partial charge is 0.397 e. The van der Waals surface area contributed by atoms with Crippen LogP contribution >= 0.6 is 0 Å². The molecular formula is C12H17N3O3S. The van der Waals surface area contributed by atoms with Crippen LogP contribution in [0.25, 0.3) is 0 Å². The lowest BCUT2D eigenvalue weighted by atomic mass is 10.1. The van der Waals surface area contributed by atoms with Crippen LogP contribution in [0.2, 0.25) is 0 Å². The molecule has 1 fully saturated rings. The molecule has 1 aliphatic heterocycles. The number of carbonyl (C=O) groups is 1. The predicted octanol–water partition coefficient (Wildman–Crippen LogP) is 0.279. The van der Waals surface area contributed by atoms with Gasteiger partial charge in [-0.05, 0) is 31.0 Å². The molecule has 1 unspecified atom stereocenters. The lowest BCUT2D eigenvalue weighted by Crippen LogP contribution is -2.32. The molecule has 2 rings (SSSR count). The highest BCUT2D eigenvalue weighted by Crippen LogP contribution is 2.33. The van der Waals surface area contributed by atoms with Crippen LogP contribution in [-0.2, 0) is 14.8 Å². The molecule has 0 radical (unpaired) electrons. The number of primary sulfonamides is 1. The van der Waals surface area contributed by atoms with Gasteiger partial charge in [0.25, 0.3) is 0 Å². The van der Waals surface area contributed by atoms with Crippen LogP contribution in [0.5, 0.6) is 0 Å². The van der Waals surface area contributed by atoms with Crippen LogP contribution in [0, 0.1) is 13.8 Å². The Balaban J connectivity index is 2.45. The number of hydrogen-bond donors (Lipinski definition) is 2. The summed E-state index contributed by atoms with van der Waals surface area (Å²) >= 11 is 0. The zero-order valence-electron chi connectivity index (χ0n) is 10.9. The van der Waals surface area contributed by atoms with E-state index in [1.54, 1.807) is 6.07 Å². The molecule has 1 aliphatic rings. The third kappa shape index (κ3) is 2.43. The van der Waals surface area contributed by atoms with Gasteiger partial charge in [-0.3, -0.25) is 4.79 Å². The number of sulfonamides is 1. The van der Waals surface area contributed by atoms with Gasteiger partial charge in [0.1, 0.15) is 5.25 Å². The number of nitrogens with two attached hydrogens (primary N) is 2. The second kappa shape index (κ2) is 4.50. The molecule has 0 bridgehead atoms. The van der Waals surface area contributed by atoms with E-state index < -0.39 is 15.3 Å². The number of carbonyl (C=O) groups excluding carboxylic acids is 1. The third-order valence-electron chi connectivity index (χ3n) is 3.56. The van der Waals surface area contributed by atoms with Gasteiger partial charge in [0.05, 0.1) is 11.4 Å². The highest BCUT2D eigenvalue weighted by atomic mass is 32.2. The first kappa shape index (κ1) is 13.8. The third-order valence-corrected chi connectivity index (χ3v) is 4.80. The normalized spacial score (nSPS) is 20.1. The Kier molecular flexibility index (Phi) is 3.27. The fraction of sp³-hybridized carbons (Fsp3) is 0.417. The molecule has 0 aromatic heterocycles. The number of rotatable bonds is 2. The Morgan fingerprint density at radius 2 is 1.95 bits per heavy atom. The van der Waals surface area contributed by atoms with E-state index in [-0.39, 0.29) is 18.9 Å². The number of anilines is 2. The average Bonchev–Trinajstić information content (AvgIpc) is 2.67. The van der Waals surface area contributed by atoms with Gasteiger partial charge in [0, 0.05) is 13.0 Å². The van der Waals surface area contributed by atoms with Crippen LogP contribution in [0.4, 0.5) is 11.4 Å². The summed E-state index contributed by atoms with van der Waals surface area (Å²) in [5.41, 5.74) is 8.84. The lowest BCUT2D eigenvalue weighted by molar-refractivity contribution is -0.117. The molecule has 1 aromatic rings. The highest BCUT2D eigenvalue weighted by Gasteiger charge is 2.38. The molecule has 1 aromatic carbocycles. The SMILES string of the molecule is Cc1ccc(N)c(N2CC(S(N)(=O)=O)CC2=O)c1C. The first-order valence-corrected chi connectivity index (χ1v) is 7.50. The lowest BCUT2D eigenvalue weighted by Gasteiger charge is -2.22. The fourth-order valence-corrected chi connectivity index (χ4v) is 3.02. The Morgan fingerprint density at radius 1 is 1.32 bits per heavy atom. The Morgan fingerprint density at radius 3 is 2.47 bits per heavy atom. The van der Waals surface area contributed by atoms with Crippen molar-refractivity contribution in [1.29, 1.82) is 0 Å². The van der Waals surface area contributed by atoms with Crippen LogP contribution < -0.4 is 15.8 Å². The zero-order valence-corrected chi connectivity index (χ0v) is 11.7. The minimum atomic E-state index is -3.72. The molecule has 104 valence electrons. The van der Waals surface area contributed by atoms with E-state index in [4.69, 9.17) is 10.9 Å². The molecule has 0 aliphatic carbocycles. The maximum atomic E-state index is 12.0. The van der Waals surface area contributed by atoms with Gasteiger partial charge in [0.2, 0.25) is 15.9 Å². The first-order valence-electron chi connectivity index (χ1n) is 5.89. The van der Waals surface area contributed by atoms with Crippen molar-refractivity contribution in [2.45, 2.75) is 25.5 Å². The Bertz CT molecular complexity index is 640. The first-order chi connectivity index (χ1) is 8.71. The molecule has 7 heteroatoms. The summed E-state index contributed by atoms with van der Waals surface area (Å²) < 4.78 is 22.7. The molecule has 0 spiro atoms. The van der Waals surface area contributed by atoms with Crippen molar-refractivity contribution < 1.29 is 13.2 Å². The van der Waals surface area contributed by atoms with E-state index in [9.17, 15) is 13.2 Å². The molecule has 6 nitrogen and oxygen atoms in total. The summed E-state index contributed by atoms with van der Waals surface area (Å²) in [4.78, 5) is 13.4. The molecule has 1 heterocycles. The zero-order chi connectivity index (χ0) is 14.4. The van der Waals surface area contributed by atoms with Crippen molar-refractivity contribution in [2.24, 2.45) is 5.14 Å². The molecular weight excluding hydrogens is 266 g/mol. The summed E-state index contributed by atoms with van der Waals surface area (Å²) in [6, 6.07) is 3.58. The van der Waals surface area contributed by atoms with Crippen LogP contribution in [0.1, 0.15) is 17.5 Å². The highest BCUT2D eigenvalue weighted by molar-refractivity contribution is 7.89. The Hall–Kier alpha value is -1.60. The van der Waals surface area contributed by atoms with Gasteiger partial charge in [-0.25, -0.2) is 13.6 Å². The van der Waals surface area contributed by atoms with E-state index in [2.05, 4.69) is 0 Å². The van der Waals surface area contributed by atoms with Crippen molar-refractivity contribution in [2.75, 3.05) is 17.2 Å². The number of hydrogen-bond acceptors (Lipinski definition) is 4. The van der Waals surface area contributed by atoms with Crippen LogP contribution in [0.15, 0.2) is 12.1 Å². The maximum Gasteiger partial charge on any atom is 0.228 e. The number of nitrogens with zero attached hydrogens (tertiary/aromatic N) is 1. The van der Waals surface area contributed by atoms with Crippen LogP contribution in [0.3, 0.4) is 0 Å². The van der Waals surface area contributed by atoms with Gasteiger partial charge in [0.15, 0.2) is 0 Å². The fourth-order valence-electron chi connectivity index (χ4n) is 2.29. The van der Waals surface area contributed by atoms with E-state index in [1.165, 1.54) is 4.90 Å².